The van der Waals surface area contributed by atoms with E-state index < -0.39 is 32.5 Å². The lowest BCUT2D eigenvalue weighted by Crippen LogP contribution is -2.41. The van der Waals surface area contributed by atoms with Crippen LogP contribution in [0.1, 0.15) is 18.4 Å². The molecule has 6 nitrogen and oxygen atoms in total. The fourth-order valence-corrected chi connectivity index (χ4v) is 4.49. The molecule has 0 saturated heterocycles. The lowest BCUT2D eigenvalue weighted by Gasteiger charge is -2.10. The van der Waals surface area contributed by atoms with Crippen LogP contribution in [0.5, 0.6) is 5.75 Å². The summed E-state index contributed by atoms with van der Waals surface area (Å²) in [5.74, 6) is -0.632. The SMILES string of the molecule is CCOC(=O)[C@]1(N)[C@H](c2ccc(OC)cc2)[C@H]1S(C)(=O)=O. The first-order valence-electron chi connectivity index (χ1n) is 6.55. The van der Waals surface area contributed by atoms with Crippen molar-refractivity contribution in [2.45, 2.75) is 23.6 Å². The Hall–Kier alpha value is -1.60. The van der Waals surface area contributed by atoms with Gasteiger partial charge >= 0.3 is 5.97 Å². The van der Waals surface area contributed by atoms with E-state index in [0.29, 0.717) is 11.3 Å². The van der Waals surface area contributed by atoms with E-state index >= 15 is 0 Å². The lowest BCUT2D eigenvalue weighted by molar-refractivity contribution is -0.145. The van der Waals surface area contributed by atoms with Crippen molar-refractivity contribution in [2.24, 2.45) is 5.73 Å². The van der Waals surface area contributed by atoms with Gasteiger partial charge in [-0.2, -0.15) is 0 Å². The molecule has 1 aliphatic carbocycles. The maximum atomic E-state index is 12.1. The standard InChI is InChI=1S/C14H19NO5S/c1-4-20-13(16)14(15)11(12(14)21(3,17)18)9-5-7-10(19-2)8-6-9/h5-8,11-12H,4,15H2,1-3H3/t11-,12-,14+/m1/s1. The number of sulfone groups is 1. The number of hydrogen-bond acceptors (Lipinski definition) is 6. The van der Waals surface area contributed by atoms with Crippen molar-refractivity contribution in [3.05, 3.63) is 29.8 Å². The Labute approximate surface area is 124 Å². The van der Waals surface area contributed by atoms with Crippen molar-refractivity contribution < 1.29 is 22.7 Å². The maximum absolute atomic E-state index is 12.1. The van der Waals surface area contributed by atoms with Crippen LogP contribution in [0.3, 0.4) is 0 Å². The fraction of sp³-hybridized carbons (Fsp3) is 0.500. The van der Waals surface area contributed by atoms with E-state index in [1.165, 1.54) is 7.11 Å². The van der Waals surface area contributed by atoms with Crippen LogP contribution < -0.4 is 10.5 Å². The van der Waals surface area contributed by atoms with Crippen LogP contribution in [0.15, 0.2) is 24.3 Å². The first-order valence-corrected chi connectivity index (χ1v) is 8.51. The molecule has 21 heavy (non-hydrogen) atoms. The zero-order valence-corrected chi connectivity index (χ0v) is 13.0. The van der Waals surface area contributed by atoms with Crippen molar-refractivity contribution in [1.82, 2.24) is 0 Å². The molecule has 0 spiro atoms. The summed E-state index contributed by atoms with van der Waals surface area (Å²) in [5, 5.41) is -0.961. The molecule has 1 aliphatic rings. The minimum atomic E-state index is -3.47. The van der Waals surface area contributed by atoms with Crippen LogP contribution in [-0.4, -0.2) is 45.1 Å². The van der Waals surface area contributed by atoms with Gasteiger partial charge in [0, 0.05) is 12.2 Å². The van der Waals surface area contributed by atoms with Crippen molar-refractivity contribution in [3.63, 3.8) is 0 Å². The van der Waals surface area contributed by atoms with Crippen LogP contribution in [0.2, 0.25) is 0 Å². The molecular formula is C14H19NO5S. The van der Waals surface area contributed by atoms with Crippen LogP contribution in [0, 0.1) is 0 Å². The quantitative estimate of drug-likeness (QED) is 0.794. The van der Waals surface area contributed by atoms with Crippen molar-refractivity contribution >= 4 is 15.8 Å². The topological polar surface area (TPSA) is 95.7 Å². The van der Waals surface area contributed by atoms with Gasteiger partial charge in [-0.25, -0.2) is 13.2 Å². The third kappa shape index (κ3) is 2.63. The average Bonchev–Trinajstić information content (AvgIpc) is 3.07. The molecule has 0 heterocycles. The Bertz CT molecular complexity index is 640. The van der Waals surface area contributed by atoms with Gasteiger partial charge in [-0.3, -0.25) is 0 Å². The van der Waals surface area contributed by atoms with Gasteiger partial charge in [-0.15, -0.1) is 0 Å². The predicted octanol–water partition coefficient (Wildman–Crippen LogP) is 0.466. The molecule has 116 valence electrons. The second kappa shape index (κ2) is 5.31. The second-order valence-corrected chi connectivity index (χ2v) is 7.32. The molecule has 0 amide bonds. The highest BCUT2D eigenvalue weighted by molar-refractivity contribution is 7.91. The van der Waals surface area contributed by atoms with Gasteiger partial charge in [0.2, 0.25) is 0 Å². The van der Waals surface area contributed by atoms with Crippen molar-refractivity contribution in [1.29, 1.82) is 0 Å². The Morgan fingerprint density at radius 1 is 1.33 bits per heavy atom. The normalized spacial score (nSPS) is 28.0. The molecule has 3 atom stereocenters. The van der Waals surface area contributed by atoms with Crippen LogP contribution in [0.25, 0.3) is 0 Å². The molecule has 0 bridgehead atoms. The number of rotatable bonds is 5. The summed E-state index contributed by atoms with van der Waals surface area (Å²) in [4.78, 5) is 12.1. The van der Waals surface area contributed by atoms with Gasteiger partial charge in [-0.1, -0.05) is 12.1 Å². The summed E-state index contributed by atoms with van der Waals surface area (Å²) in [6.45, 7) is 1.81. The molecular weight excluding hydrogens is 294 g/mol. The Morgan fingerprint density at radius 2 is 1.90 bits per heavy atom. The largest absolute Gasteiger partial charge is 0.497 e. The van der Waals surface area contributed by atoms with E-state index in [2.05, 4.69) is 0 Å². The average molecular weight is 313 g/mol. The Kier molecular flexibility index (Phi) is 3.99. The third-order valence-electron chi connectivity index (χ3n) is 3.74. The molecule has 0 unspecified atom stereocenters. The van der Waals surface area contributed by atoms with Gasteiger partial charge in [-0.05, 0) is 24.6 Å². The minimum Gasteiger partial charge on any atom is -0.497 e. The van der Waals surface area contributed by atoms with E-state index in [9.17, 15) is 13.2 Å². The third-order valence-corrected chi connectivity index (χ3v) is 5.33. The predicted molar refractivity (Wildman–Crippen MR) is 77.9 cm³/mol. The highest BCUT2D eigenvalue weighted by Gasteiger charge is 2.73. The van der Waals surface area contributed by atoms with Gasteiger partial charge in [0.1, 0.15) is 11.3 Å². The number of methoxy groups -OCH3 is 1. The highest BCUT2D eigenvalue weighted by Crippen LogP contribution is 2.54. The second-order valence-electron chi connectivity index (χ2n) is 5.15. The molecule has 1 aromatic rings. The number of esters is 1. The van der Waals surface area contributed by atoms with E-state index in [1.807, 2.05) is 0 Å². The number of hydrogen-bond donors (Lipinski definition) is 1. The van der Waals surface area contributed by atoms with Crippen LogP contribution in [0.4, 0.5) is 0 Å². The minimum absolute atomic E-state index is 0.156. The van der Waals surface area contributed by atoms with Crippen molar-refractivity contribution in [3.8, 4) is 5.75 Å². The summed E-state index contributed by atoms with van der Waals surface area (Å²) < 4.78 is 33.8. The van der Waals surface area contributed by atoms with Crippen LogP contribution >= 0.6 is 0 Å². The highest BCUT2D eigenvalue weighted by atomic mass is 32.2. The van der Waals surface area contributed by atoms with E-state index in [4.69, 9.17) is 15.2 Å². The molecule has 2 rings (SSSR count). The van der Waals surface area contributed by atoms with E-state index in [1.54, 1.807) is 31.2 Å². The van der Waals surface area contributed by atoms with Crippen LogP contribution in [-0.2, 0) is 19.4 Å². The molecule has 2 N–H and O–H groups in total. The van der Waals surface area contributed by atoms with Gasteiger partial charge in [0.15, 0.2) is 9.84 Å². The zero-order chi connectivity index (χ0) is 15.8. The van der Waals surface area contributed by atoms with Gasteiger partial charge in [0.05, 0.1) is 19.0 Å². The van der Waals surface area contributed by atoms with Gasteiger partial charge in [0.25, 0.3) is 0 Å². The molecule has 1 saturated carbocycles. The maximum Gasteiger partial charge on any atom is 0.328 e. The summed E-state index contributed by atoms with van der Waals surface area (Å²) in [5.41, 5.74) is 5.23. The number of ether oxygens (including phenoxy) is 2. The smallest absolute Gasteiger partial charge is 0.328 e. The summed E-state index contributed by atoms with van der Waals surface area (Å²) in [6, 6.07) is 6.85. The molecule has 1 fully saturated rings. The molecule has 0 aliphatic heterocycles. The van der Waals surface area contributed by atoms with E-state index in [-0.39, 0.29) is 6.61 Å². The first-order chi connectivity index (χ1) is 9.76. The molecule has 0 aromatic heterocycles. The number of carbonyl (C=O) groups is 1. The number of nitrogens with two attached hydrogens (primary N) is 1. The van der Waals surface area contributed by atoms with E-state index in [0.717, 1.165) is 6.26 Å². The fourth-order valence-electron chi connectivity index (χ4n) is 2.74. The molecule has 0 radical (unpaired) electrons. The summed E-state index contributed by atoms with van der Waals surface area (Å²) in [6.07, 6.45) is 1.09. The monoisotopic (exact) mass is 313 g/mol. The Balaban J connectivity index is 2.38. The summed E-state index contributed by atoms with van der Waals surface area (Å²) >= 11 is 0. The lowest BCUT2D eigenvalue weighted by atomic mass is 10.1. The van der Waals surface area contributed by atoms with Gasteiger partial charge < -0.3 is 15.2 Å². The summed E-state index contributed by atoms with van der Waals surface area (Å²) in [7, 11) is -1.93. The molecule has 7 heteroatoms. The number of carbonyl (C=O) groups excluding carboxylic acids is 1. The first kappa shape index (κ1) is 15.8. The molecule has 1 aromatic carbocycles. The zero-order valence-electron chi connectivity index (χ0n) is 12.2. The number of benzene rings is 1. The Morgan fingerprint density at radius 3 is 2.33 bits per heavy atom. The van der Waals surface area contributed by atoms with Crippen molar-refractivity contribution in [2.75, 3.05) is 20.0 Å².